The molecule has 0 aliphatic heterocycles. The number of phenolic OH excluding ortho intramolecular Hbond substituents is 1. The summed E-state index contributed by atoms with van der Waals surface area (Å²) < 4.78 is 1.70. The van der Waals surface area contributed by atoms with E-state index in [1.54, 1.807) is 41.5 Å². The number of aromatic nitrogens is 2. The molecular weight excluding hydrogens is 166 g/mol. The van der Waals surface area contributed by atoms with E-state index in [1.807, 2.05) is 0 Å². The van der Waals surface area contributed by atoms with E-state index in [4.69, 9.17) is 5.73 Å². The highest BCUT2D eigenvalue weighted by atomic mass is 16.3. The van der Waals surface area contributed by atoms with Crippen molar-refractivity contribution >= 4 is 5.69 Å². The Morgan fingerprint density at radius 3 is 2.92 bits per heavy atom. The molecule has 0 unspecified atom stereocenters. The van der Waals surface area contributed by atoms with Crippen molar-refractivity contribution in [2.45, 2.75) is 0 Å². The quantitative estimate of drug-likeness (QED) is 0.505. The lowest BCUT2D eigenvalue weighted by molar-refractivity contribution is 0.472. The second kappa shape index (κ2) is 2.82. The summed E-state index contributed by atoms with van der Waals surface area (Å²) in [5.41, 5.74) is 6.84. The lowest BCUT2D eigenvalue weighted by Gasteiger charge is -2.05. The third-order valence-electron chi connectivity index (χ3n) is 1.78. The van der Waals surface area contributed by atoms with Crippen LogP contribution in [0.15, 0.2) is 36.9 Å². The maximum atomic E-state index is 9.50. The zero-order chi connectivity index (χ0) is 9.26. The zero-order valence-corrected chi connectivity index (χ0v) is 6.88. The van der Waals surface area contributed by atoms with Gasteiger partial charge in [-0.3, -0.25) is 0 Å². The molecule has 2 rings (SSSR count). The van der Waals surface area contributed by atoms with Crippen LogP contribution in [0.25, 0.3) is 5.69 Å². The van der Waals surface area contributed by atoms with Crippen LogP contribution in [0.5, 0.6) is 5.75 Å². The number of nitrogens with zero attached hydrogens (tertiary/aromatic N) is 2. The van der Waals surface area contributed by atoms with E-state index >= 15 is 0 Å². The van der Waals surface area contributed by atoms with Crippen molar-refractivity contribution in [1.82, 2.24) is 9.55 Å². The van der Waals surface area contributed by atoms with Gasteiger partial charge >= 0.3 is 0 Å². The van der Waals surface area contributed by atoms with E-state index in [0.29, 0.717) is 11.4 Å². The molecule has 4 nitrogen and oxygen atoms in total. The summed E-state index contributed by atoms with van der Waals surface area (Å²) in [7, 11) is 0. The number of rotatable bonds is 1. The minimum atomic E-state index is 0.187. The van der Waals surface area contributed by atoms with Gasteiger partial charge in [0.1, 0.15) is 5.75 Å². The molecule has 0 radical (unpaired) electrons. The first-order valence-corrected chi connectivity index (χ1v) is 3.84. The van der Waals surface area contributed by atoms with Crippen molar-refractivity contribution in [3.63, 3.8) is 0 Å². The lowest BCUT2D eigenvalue weighted by Crippen LogP contribution is -1.93. The average Bonchev–Trinajstić information content (AvgIpc) is 2.61. The smallest absolute Gasteiger partial charge is 0.139 e. The Hall–Kier alpha value is -1.97. The SMILES string of the molecule is Nc1ccc(O)c(-n2ccnc2)c1. The zero-order valence-electron chi connectivity index (χ0n) is 6.88. The molecule has 0 spiro atoms. The molecular formula is C9H9N3O. The molecule has 0 atom stereocenters. The molecule has 0 saturated heterocycles. The fraction of sp³-hybridized carbons (Fsp3) is 0. The first-order valence-electron chi connectivity index (χ1n) is 3.84. The van der Waals surface area contributed by atoms with E-state index in [0.717, 1.165) is 0 Å². The summed E-state index contributed by atoms with van der Waals surface area (Å²) in [4.78, 5) is 3.88. The molecule has 1 heterocycles. The fourth-order valence-electron chi connectivity index (χ4n) is 1.15. The van der Waals surface area contributed by atoms with Gasteiger partial charge in [-0.25, -0.2) is 4.98 Å². The summed E-state index contributed by atoms with van der Waals surface area (Å²) in [5.74, 6) is 0.187. The standard InChI is InChI=1S/C9H9N3O/c10-7-1-2-9(13)8(5-7)12-4-3-11-6-12/h1-6,13H,10H2. The van der Waals surface area contributed by atoms with Gasteiger partial charge in [0.05, 0.1) is 12.0 Å². The van der Waals surface area contributed by atoms with Gasteiger partial charge in [-0.1, -0.05) is 0 Å². The van der Waals surface area contributed by atoms with Gasteiger partial charge in [0.2, 0.25) is 0 Å². The topological polar surface area (TPSA) is 64.1 Å². The Balaban J connectivity index is 2.57. The number of nitrogen functional groups attached to an aromatic ring is 1. The number of phenols is 1. The highest BCUT2D eigenvalue weighted by molar-refractivity contribution is 5.55. The normalized spacial score (nSPS) is 10.2. The summed E-state index contributed by atoms with van der Waals surface area (Å²) in [6.45, 7) is 0. The van der Waals surface area contributed by atoms with Crippen molar-refractivity contribution in [1.29, 1.82) is 0 Å². The Labute approximate surface area is 75.3 Å². The van der Waals surface area contributed by atoms with Crippen LogP contribution >= 0.6 is 0 Å². The molecule has 66 valence electrons. The minimum absolute atomic E-state index is 0.187. The van der Waals surface area contributed by atoms with Crippen LogP contribution in [0.3, 0.4) is 0 Å². The summed E-state index contributed by atoms with van der Waals surface area (Å²) in [6, 6.07) is 4.90. The number of nitrogens with two attached hydrogens (primary N) is 1. The monoisotopic (exact) mass is 175 g/mol. The van der Waals surface area contributed by atoms with Crippen LogP contribution in [-0.4, -0.2) is 14.7 Å². The molecule has 2 aromatic rings. The van der Waals surface area contributed by atoms with Crippen molar-refractivity contribution < 1.29 is 5.11 Å². The van der Waals surface area contributed by atoms with E-state index in [-0.39, 0.29) is 5.75 Å². The molecule has 0 aliphatic rings. The minimum Gasteiger partial charge on any atom is -0.506 e. The highest BCUT2D eigenvalue weighted by Gasteiger charge is 2.02. The maximum Gasteiger partial charge on any atom is 0.139 e. The highest BCUT2D eigenvalue weighted by Crippen LogP contribution is 2.23. The van der Waals surface area contributed by atoms with E-state index in [9.17, 15) is 5.11 Å². The number of hydrogen-bond acceptors (Lipinski definition) is 3. The first kappa shape index (κ1) is 7.67. The molecule has 0 fully saturated rings. The summed E-state index contributed by atoms with van der Waals surface area (Å²) >= 11 is 0. The predicted molar refractivity (Wildman–Crippen MR) is 49.6 cm³/mol. The Bertz CT molecular complexity index is 409. The molecule has 0 bridgehead atoms. The molecule has 13 heavy (non-hydrogen) atoms. The second-order valence-corrected chi connectivity index (χ2v) is 2.72. The second-order valence-electron chi connectivity index (χ2n) is 2.72. The number of aromatic hydroxyl groups is 1. The molecule has 1 aromatic carbocycles. The Morgan fingerprint density at radius 1 is 1.38 bits per heavy atom. The van der Waals surface area contributed by atoms with E-state index in [1.165, 1.54) is 0 Å². The summed E-state index contributed by atoms with van der Waals surface area (Å²) in [5, 5.41) is 9.50. The third kappa shape index (κ3) is 1.33. The predicted octanol–water partition coefficient (Wildman–Crippen LogP) is 1.16. The van der Waals surface area contributed by atoms with Gasteiger partial charge in [-0.15, -0.1) is 0 Å². The molecule has 0 saturated carbocycles. The van der Waals surface area contributed by atoms with E-state index in [2.05, 4.69) is 4.98 Å². The maximum absolute atomic E-state index is 9.50. The van der Waals surface area contributed by atoms with Gasteiger partial charge in [-0.05, 0) is 18.2 Å². The fourth-order valence-corrected chi connectivity index (χ4v) is 1.15. The van der Waals surface area contributed by atoms with Crippen molar-refractivity contribution in [3.05, 3.63) is 36.9 Å². The largest absolute Gasteiger partial charge is 0.506 e. The van der Waals surface area contributed by atoms with Crippen LogP contribution in [0.2, 0.25) is 0 Å². The van der Waals surface area contributed by atoms with Crippen molar-refractivity contribution in [2.24, 2.45) is 0 Å². The van der Waals surface area contributed by atoms with E-state index < -0.39 is 0 Å². The molecule has 1 aromatic heterocycles. The molecule has 4 heteroatoms. The molecule has 0 amide bonds. The van der Waals surface area contributed by atoms with Crippen molar-refractivity contribution in [2.75, 3.05) is 5.73 Å². The van der Waals surface area contributed by atoms with Crippen LogP contribution in [-0.2, 0) is 0 Å². The van der Waals surface area contributed by atoms with Gasteiger partial charge < -0.3 is 15.4 Å². The van der Waals surface area contributed by atoms with Crippen LogP contribution in [0, 0.1) is 0 Å². The van der Waals surface area contributed by atoms with Gasteiger partial charge in [-0.2, -0.15) is 0 Å². The number of anilines is 1. The molecule has 0 aliphatic carbocycles. The van der Waals surface area contributed by atoms with Crippen LogP contribution < -0.4 is 5.73 Å². The Kier molecular flexibility index (Phi) is 1.66. The van der Waals surface area contributed by atoms with Gasteiger partial charge in [0.15, 0.2) is 0 Å². The number of imidazole rings is 1. The summed E-state index contributed by atoms with van der Waals surface area (Å²) in [6.07, 6.45) is 4.99. The Morgan fingerprint density at radius 2 is 2.23 bits per heavy atom. The van der Waals surface area contributed by atoms with Gasteiger partial charge in [0, 0.05) is 18.1 Å². The molecule has 3 N–H and O–H groups in total. The average molecular weight is 175 g/mol. The first-order chi connectivity index (χ1) is 6.27. The van der Waals surface area contributed by atoms with Crippen LogP contribution in [0.4, 0.5) is 5.69 Å². The number of hydrogen-bond donors (Lipinski definition) is 2. The van der Waals surface area contributed by atoms with Gasteiger partial charge in [0.25, 0.3) is 0 Å². The number of benzene rings is 1. The van der Waals surface area contributed by atoms with Crippen molar-refractivity contribution in [3.8, 4) is 11.4 Å². The van der Waals surface area contributed by atoms with Crippen LogP contribution in [0.1, 0.15) is 0 Å². The third-order valence-corrected chi connectivity index (χ3v) is 1.78. The lowest BCUT2D eigenvalue weighted by atomic mass is 10.2.